The highest BCUT2D eigenvalue weighted by atomic mass is 16.3. The normalized spacial score (nSPS) is 25.7. The first kappa shape index (κ1) is 11.5. The smallest absolute Gasteiger partial charge is 0.131 e. The lowest BCUT2D eigenvalue weighted by atomic mass is 9.87. The Kier molecular flexibility index (Phi) is 3.54. The Labute approximate surface area is 96.9 Å². The fraction of sp³-hybridized carbons (Fsp3) is 0.692. The molecule has 0 spiro atoms. The van der Waals surface area contributed by atoms with Gasteiger partial charge in [0.25, 0.3) is 0 Å². The largest absolute Gasteiger partial charge is 0.393 e. The number of aromatic nitrogens is 2. The van der Waals surface area contributed by atoms with Crippen molar-refractivity contribution in [1.82, 2.24) is 9.97 Å². The minimum Gasteiger partial charge on any atom is -0.393 e. The number of aliphatic hydroxyl groups excluding tert-OH is 1. The van der Waals surface area contributed by atoms with E-state index in [1.807, 2.05) is 6.92 Å². The van der Waals surface area contributed by atoms with Crippen molar-refractivity contribution >= 4 is 0 Å². The van der Waals surface area contributed by atoms with E-state index in [1.54, 1.807) is 0 Å². The van der Waals surface area contributed by atoms with Crippen LogP contribution in [0.3, 0.4) is 0 Å². The summed E-state index contributed by atoms with van der Waals surface area (Å²) in [5, 5.41) is 9.49. The van der Waals surface area contributed by atoms with Crippen molar-refractivity contribution in [1.29, 1.82) is 0 Å². The van der Waals surface area contributed by atoms with Crippen LogP contribution in [0, 0.1) is 6.92 Å². The van der Waals surface area contributed by atoms with E-state index in [-0.39, 0.29) is 6.10 Å². The van der Waals surface area contributed by atoms with Gasteiger partial charge in [-0.1, -0.05) is 6.92 Å². The van der Waals surface area contributed by atoms with Crippen LogP contribution in [-0.4, -0.2) is 21.2 Å². The van der Waals surface area contributed by atoms with Gasteiger partial charge in [-0.3, -0.25) is 0 Å². The Hall–Kier alpha value is -0.960. The van der Waals surface area contributed by atoms with Gasteiger partial charge in [0.2, 0.25) is 0 Å². The Balaban J connectivity index is 2.16. The topological polar surface area (TPSA) is 46.0 Å². The second kappa shape index (κ2) is 4.91. The summed E-state index contributed by atoms with van der Waals surface area (Å²) in [7, 11) is 0. The van der Waals surface area contributed by atoms with Gasteiger partial charge in [-0.15, -0.1) is 0 Å². The Bertz CT molecular complexity index is 357. The summed E-state index contributed by atoms with van der Waals surface area (Å²) in [6, 6.07) is 2.06. The molecule has 0 aromatic carbocycles. The van der Waals surface area contributed by atoms with Gasteiger partial charge in [0, 0.05) is 17.3 Å². The molecule has 3 heteroatoms. The summed E-state index contributed by atoms with van der Waals surface area (Å²) < 4.78 is 0. The highest BCUT2D eigenvalue weighted by molar-refractivity contribution is 5.12. The van der Waals surface area contributed by atoms with Crippen LogP contribution >= 0.6 is 0 Å². The zero-order valence-corrected chi connectivity index (χ0v) is 10.1. The SMILES string of the molecule is CCc1cc(C)nc(C2CCC(O)CC2)n1. The van der Waals surface area contributed by atoms with E-state index in [0.717, 1.165) is 49.3 Å². The Morgan fingerprint density at radius 1 is 1.25 bits per heavy atom. The first-order chi connectivity index (χ1) is 7.69. The maximum atomic E-state index is 9.49. The minimum absolute atomic E-state index is 0.105. The molecule has 1 aromatic rings. The van der Waals surface area contributed by atoms with E-state index in [2.05, 4.69) is 23.0 Å². The average molecular weight is 220 g/mol. The van der Waals surface area contributed by atoms with Crippen LogP contribution < -0.4 is 0 Å². The van der Waals surface area contributed by atoms with E-state index in [9.17, 15) is 5.11 Å². The molecule has 1 aliphatic rings. The van der Waals surface area contributed by atoms with Crippen molar-refractivity contribution in [3.8, 4) is 0 Å². The van der Waals surface area contributed by atoms with Crippen LogP contribution in [0.2, 0.25) is 0 Å². The molecule has 0 aliphatic heterocycles. The predicted octanol–water partition coefficient (Wildman–Crippen LogP) is 2.37. The molecule has 1 heterocycles. The van der Waals surface area contributed by atoms with Crippen molar-refractivity contribution in [2.45, 2.75) is 58.0 Å². The second-order valence-electron chi connectivity index (χ2n) is 4.72. The second-order valence-corrected chi connectivity index (χ2v) is 4.72. The third-order valence-electron chi connectivity index (χ3n) is 3.35. The summed E-state index contributed by atoms with van der Waals surface area (Å²) >= 11 is 0. The maximum absolute atomic E-state index is 9.49. The molecule has 1 fully saturated rings. The van der Waals surface area contributed by atoms with Gasteiger partial charge in [0.15, 0.2) is 0 Å². The monoisotopic (exact) mass is 220 g/mol. The molecule has 0 bridgehead atoms. The molecule has 2 rings (SSSR count). The van der Waals surface area contributed by atoms with Crippen LogP contribution in [0.5, 0.6) is 0 Å². The molecule has 1 N–H and O–H groups in total. The van der Waals surface area contributed by atoms with Gasteiger partial charge in [-0.05, 0) is 45.1 Å². The van der Waals surface area contributed by atoms with Crippen molar-refractivity contribution in [2.75, 3.05) is 0 Å². The summed E-state index contributed by atoms with van der Waals surface area (Å²) in [6.07, 6.45) is 4.69. The standard InChI is InChI=1S/C13H20N2O/c1-3-11-8-9(2)14-13(15-11)10-4-6-12(16)7-5-10/h8,10,12,16H,3-7H2,1-2H3. The van der Waals surface area contributed by atoms with E-state index < -0.39 is 0 Å². The lowest BCUT2D eigenvalue weighted by molar-refractivity contribution is 0.121. The molecule has 0 unspecified atom stereocenters. The number of hydrogen-bond acceptors (Lipinski definition) is 3. The molecule has 1 aliphatic carbocycles. The third kappa shape index (κ3) is 2.59. The highest BCUT2D eigenvalue weighted by Gasteiger charge is 2.23. The third-order valence-corrected chi connectivity index (χ3v) is 3.35. The molecule has 1 aromatic heterocycles. The van der Waals surface area contributed by atoms with Crippen LogP contribution in [0.25, 0.3) is 0 Å². The number of aryl methyl sites for hydroxylation is 2. The van der Waals surface area contributed by atoms with Gasteiger partial charge in [0.1, 0.15) is 5.82 Å². The van der Waals surface area contributed by atoms with Crippen LogP contribution in [0.15, 0.2) is 6.07 Å². The van der Waals surface area contributed by atoms with Gasteiger partial charge in [0.05, 0.1) is 6.10 Å². The molecule has 0 atom stereocenters. The van der Waals surface area contributed by atoms with Crippen LogP contribution in [0.1, 0.15) is 55.7 Å². The molecule has 0 amide bonds. The minimum atomic E-state index is -0.105. The van der Waals surface area contributed by atoms with Crippen LogP contribution in [-0.2, 0) is 6.42 Å². The van der Waals surface area contributed by atoms with E-state index >= 15 is 0 Å². The van der Waals surface area contributed by atoms with Gasteiger partial charge in [-0.2, -0.15) is 0 Å². The summed E-state index contributed by atoms with van der Waals surface area (Å²) in [5.74, 6) is 1.44. The summed E-state index contributed by atoms with van der Waals surface area (Å²) in [5.41, 5.74) is 2.20. The Morgan fingerprint density at radius 3 is 2.56 bits per heavy atom. The zero-order chi connectivity index (χ0) is 11.5. The molecule has 3 nitrogen and oxygen atoms in total. The number of rotatable bonds is 2. The van der Waals surface area contributed by atoms with Crippen LogP contribution in [0.4, 0.5) is 0 Å². The molecule has 16 heavy (non-hydrogen) atoms. The molecule has 0 saturated heterocycles. The Morgan fingerprint density at radius 2 is 1.94 bits per heavy atom. The van der Waals surface area contributed by atoms with E-state index in [4.69, 9.17) is 0 Å². The summed E-state index contributed by atoms with van der Waals surface area (Å²) in [6.45, 7) is 4.15. The first-order valence-electron chi connectivity index (χ1n) is 6.21. The first-order valence-corrected chi connectivity index (χ1v) is 6.21. The van der Waals surface area contributed by atoms with Gasteiger partial charge in [-0.25, -0.2) is 9.97 Å². The molecule has 1 saturated carbocycles. The van der Waals surface area contributed by atoms with Crippen molar-refractivity contribution < 1.29 is 5.11 Å². The number of aliphatic hydroxyl groups is 1. The number of nitrogens with zero attached hydrogens (tertiary/aromatic N) is 2. The lowest BCUT2D eigenvalue weighted by Crippen LogP contribution is -2.19. The summed E-state index contributed by atoms with van der Waals surface area (Å²) in [4.78, 5) is 9.15. The van der Waals surface area contributed by atoms with Gasteiger partial charge >= 0.3 is 0 Å². The molecule has 0 radical (unpaired) electrons. The quantitative estimate of drug-likeness (QED) is 0.832. The van der Waals surface area contributed by atoms with Crippen molar-refractivity contribution in [2.24, 2.45) is 0 Å². The fourth-order valence-electron chi connectivity index (χ4n) is 2.36. The highest BCUT2D eigenvalue weighted by Crippen LogP contribution is 2.31. The fourth-order valence-corrected chi connectivity index (χ4v) is 2.36. The molecule has 88 valence electrons. The molecular weight excluding hydrogens is 200 g/mol. The average Bonchev–Trinajstić information content (AvgIpc) is 2.29. The predicted molar refractivity (Wildman–Crippen MR) is 63.4 cm³/mol. The van der Waals surface area contributed by atoms with Crippen molar-refractivity contribution in [3.63, 3.8) is 0 Å². The number of hydrogen-bond donors (Lipinski definition) is 1. The van der Waals surface area contributed by atoms with Gasteiger partial charge < -0.3 is 5.11 Å². The van der Waals surface area contributed by atoms with E-state index in [1.165, 1.54) is 0 Å². The maximum Gasteiger partial charge on any atom is 0.131 e. The molecular formula is C13H20N2O. The lowest BCUT2D eigenvalue weighted by Gasteiger charge is -2.24. The van der Waals surface area contributed by atoms with Crippen molar-refractivity contribution in [3.05, 3.63) is 23.3 Å². The van der Waals surface area contributed by atoms with E-state index in [0.29, 0.717) is 5.92 Å². The zero-order valence-electron chi connectivity index (χ0n) is 10.1.